The Morgan fingerprint density at radius 3 is 2.78 bits per heavy atom. The Morgan fingerprint density at radius 1 is 1.44 bits per heavy atom. The summed E-state index contributed by atoms with van der Waals surface area (Å²) >= 11 is 0. The third-order valence-corrected chi connectivity index (χ3v) is 3.20. The molecule has 4 nitrogen and oxygen atoms in total. The lowest BCUT2D eigenvalue weighted by Gasteiger charge is -2.30. The van der Waals surface area contributed by atoms with Crippen LogP contribution in [0.2, 0.25) is 0 Å². The molecule has 0 bridgehead atoms. The lowest BCUT2D eigenvalue weighted by molar-refractivity contribution is 0.0473. The summed E-state index contributed by atoms with van der Waals surface area (Å²) in [6.45, 7) is 1.73. The molecular weight excluding hydrogens is 230 g/mol. The number of benzene rings is 1. The first kappa shape index (κ1) is 13.1. The maximum Gasteiger partial charge on any atom is 0.253 e. The Hall–Kier alpha value is -1.39. The van der Waals surface area contributed by atoms with Gasteiger partial charge < -0.3 is 14.7 Å². The summed E-state index contributed by atoms with van der Waals surface area (Å²) in [5.41, 5.74) is 1.72. The number of nitrogens with zero attached hydrogens (tertiary/aromatic N) is 1. The fourth-order valence-corrected chi connectivity index (χ4v) is 2.23. The molecule has 0 unspecified atom stereocenters. The highest BCUT2D eigenvalue weighted by molar-refractivity contribution is 5.94. The van der Waals surface area contributed by atoms with Crippen molar-refractivity contribution < 1.29 is 14.6 Å². The minimum atomic E-state index is -0.379. The molecule has 1 amide bonds. The van der Waals surface area contributed by atoms with E-state index >= 15 is 0 Å². The second-order valence-electron chi connectivity index (χ2n) is 4.68. The van der Waals surface area contributed by atoms with E-state index in [0.29, 0.717) is 18.7 Å². The van der Waals surface area contributed by atoms with E-state index in [1.54, 1.807) is 12.0 Å². The minimum absolute atomic E-state index is 0.00211. The number of carbonyl (C=O) groups excluding carboxylic acids is 1. The van der Waals surface area contributed by atoms with Crippen LogP contribution >= 0.6 is 0 Å². The van der Waals surface area contributed by atoms with Crippen LogP contribution in [-0.4, -0.2) is 42.2 Å². The van der Waals surface area contributed by atoms with Gasteiger partial charge in [0.25, 0.3) is 5.91 Å². The first-order valence-electron chi connectivity index (χ1n) is 6.26. The highest BCUT2D eigenvalue weighted by Gasteiger charge is 2.22. The number of hydrogen-bond acceptors (Lipinski definition) is 3. The number of methoxy groups -OCH3 is 1. The maximum absolute atomic E-state index is 12.2. The number of carbonyl (C=O) groups is 1. The van der Waals surface area contributed by atoms with Gasteiger partial charge in [0.05, 0.1) is 12.7 Å². The highest BCUT2D eigenvalue weighted by atomic mass is 16.5. The lowest BCUT2D eigenvalue weighted by atomic mass is 10.1. The van der Waals surface area contributed by atoms with E-state index in [1.807, 2.05) is 24.3 Å². The van der Waals surface area contributed by atoms with Crippen molar-refractivity contribution in [2.24, 2.45) is 0 Å². The van der Waals surface area contributed by atoms with E-state index in [0.717, 1.165) is 24.9 Å². The van der Waals surface area contributed by atoms with Gasteiger partial charge in [-0.25, -0.2) is 0 Å². The molecule has 98 valence electrons. The number of rotatable bonds is 3. The van der Waals surface area contributed by atoms with Crippen molar-refractivity contribution >= 4 is 5.91 Å². The molecule has 0 spiro atoms. The van der Waals surface area contributed by atoms with Crippen LogP contribution in [0.3, 0.4) is 0 Å². The zero-order valence-electron chi connectivity index (χ0n) is 10.6. The zero-order valence-corrected chi connectivity index (χ0v) is 10.6. The van der Waals surface area contributed by atoms with E-state index in [2.05, 4.69) is 0 Å². The summed E-state index contributed by atoms with van der Waals surface area (Å²) in [7, 11) is 1.65. The number of aliphatic hydroxyl groups is 1. The average Bonchev–Trinajstić information content (AvgIpc) is 2.39. The van der Waals surface area contributed by atoms with Crippen LogP contribution in [0.15, 0.2) is 24.3 Å². The summed E-state index contributed by atoms with van der Waals surface area (Å²) in [4.78, 5) is 13.9. The smallest absolute Gasteiger partial charge is 0.253 e. The van der Waals surface area contributed by atoms with Crippen molar-refractivity contribution in [3.63, 3.8) is 0 Å². The van der Waals surface area contributed by atoms with Gasteiger partial charge in [0.2, 0.25) is 0 Å². The van der Waals surface area contributed by atoms with E-state index in [-0.39, 0.29) is 12.0 Å². The van der Waals surface area contributed by atoms with E-state index in [4.69, 9.17) is 4.74 Å². The molecule has 18 heavy (non-hydrogen) atoms. The third-order valence-electron chi connectivity index (χ3n) is 3.20. The number of aliphatic hydroxyl groups excluding tert-OH is 1. The molecule has 4 heteroatoms. The maximum atomic E-state index is 12.2. The zero-order chi connectivity index (χ0) is 13.0. The molecule has 0 radical (unpaired) electrons. The van der Waals surface area contributed by atoms with E-state index in [1.165, 1.54) is 0 Å². The van der Waals surface area contributed by atoms with Gasteiger partial charge >= 0.3 is 0 Å². The number of β-amino-alcohol motifs (C(OH)–C–C–N with tert-alkyl or cyclic N) is 1. The van der Waals surface area contributed by atoms with Crippen molar-refractivity contribution in [3.05, 3.63) is 35.4 Å². The number of ether oxygens (including phenoxy) is 1. The van der Waals surface area contributed by atoms with Crippen molar-refractivity contribution in [1.82, 2.24) is 4.90 Å². The molecule has 1 atom stereocenters. The van der Waals surface area contributed by atoms with Gasteiger partial charge in [-0.15, -0.1) is 0 Å². The van der Waals surface area contributed by atoms with Gasteiger partial charge in [-0.1, -0.05) is 12.1 Å². The van der Waals surface area contributed by atoms with Crippen LogP contribution < -0.4 is 0 Å². The Bertz CT molecular complexity index is 402. The predicted molar refractivity (Wildman–Crippen MR) is 68.3 cm³/mol. The largest absolute Gasteiger partial charge is 0.391 e. The second-order valence-corrected chi connectivity index (χ2v) is 4.68. The van der Waals surface area contributed by atoms with E-state index in [9.17, 15) is 9.90 Å². The fraction of sp³-hybridized carbons (Fsp3) is 0.500. The van der Waals surface area contributed by atoms with Gasteiger partial charge in [-0.2, -0.15) is 0 Å². The van der Waals surface area contributed by atoms with Crippen LogP contribution in [0.1, 0.15) is 28.8 Å². The van der Waals surface area contributed by atoms with Crippen LogP contribution in [0.4, 0.5) is 0 Å². The molecule has 1 aromatic carbocycles. The number of amides is 1. The van der Waals surface area contributed by atoms with Crippen LogP contribution in [0, 0.1) is 0 Å². The Morgan fingerprint density at radius 2 is 2.17 bits per heavy atom. The molecule has 0 aromatic heterocycles. The molecule has 1 N–H and O–H groups in total. The molecule has 1 aliphatic heterocycles. The summed E-state index contributed by atoms with van der Waals surface area (Å²) in [6, 6.07) is 7.43. The molecule has 0 aliphatic carbocycles. The van der Waals surface area contributed by atoms with Crippen LogP contribution in [0.5, 0.6) is 0 Å². The third kappa shape index (κ3) is 3.09. The number of likely N-dealkylation sites (tertiary alicyclic amines) is 1. The van der Waals surface area contributed by atoms with Crippen molar-refractivity contribution in [2.45, 2.75) is 25.6 Å². The summed E-state index contributed by atoms with van der Waals surface area (Å²) in [5.74, 6) is -0.00211. The second kappa shape index (κ2) is 5.98. The normalized spacial score (nSPS) is 19.9. The average molecular weight is 249 g/mol. The van der Waals surface area contributed by atoms with Gasteiger partial charge in [-0.05, 0) is 30.5 Å². The molecule has 1 saturated heterocycles. The van der Waals surface area contributed by atoms with Crippen LogP contribution in [-0.2, 0) is 11.3 Å². The molecular formula is C14H19NO3. The van der Waals surface area contributed by atoms with Crippen LogP contribution in [0.25, 0.3) is 0 Å². The molecule has 1 aliphatic rings. The van der Waals surface area contributed by atoms with Crippen molar-refractivity contribution in [2.75, 3.05) is 20.2 Å². The molecule has 0 saturated carbocycles. The number of hydrogen-bond donors (Lipinski definition) is 1. The molecule has 1 heterocycles. The summed E-state index contributed by atoms with van der Waals surface area (Å²) in [5, 5.41) is 9.58. The first-order chi connectivity index (χ1) is 8.70. The molecule has 1 aromatic rings. The first-order valence-corrected chi connectivity index (χ1v) is 6.26. The Balaban J connectivity index is 2.03. The van der Waals surface area contributed by atoms with Gasteiger partial charge in [0, 0.05) is 25.8 Å². The molecule has 1 fully saturated rings. The highest BCUT2D eigenvalue weighted by Crippen LogP contribution is 2.14. The monoisotopic (exact) mass is 249 g/mol. The SMILES string of the molecule is COCc1ccc(C(=O)N2CCC[C@H](O)C2)cc1. The lowest BCUT2D eigenvalue weighted by Crippen LogP contribution is -2.42. The minimum Gasteiger partial charge on any atom is -0.391 e. The molecule has 2 rings (SSSR count). The quantitative estimate of drug-likeness (QED) is 0.881. The van der Waals surface area contributed by atoms with Gasteiger partial charge in [0.15, 0.2) is 0 Å². The van der Waals surface area contributed by atoms with Gasteiger partial charge in [0.1, 0.15) is 0 Å². The predicted octanol–water partition coefficient (Wildman–Crippen LogP) is 1.43. The fourth-order valence-electron chi connectivity index (χ4n) is 2.23. The Labute approximate surface area is 107 Å². The van der Waals surface area contributed by atoms with E-state index < -0.39 is 0 Å². The van der Waals surface area contributed by atoms with Crippen molar-refractivity contribution in [1.29, 1.82) is 0 Å². The summed E-state index contributed by atoms with van der Waals surface area (Å²) < 4.78 is 5.03. The summed E-state index contributed by atoms with van der Waals surface area (Å²) in [6.07, 6.45) is 1.28. The van der Waals surface area contributed by atoms with Crippen molar-refractivity contribution in [3.8, 4) is 0 Å². The Kier molecular flexibility index (Phi) is 4.33. The van der Waals surface area contributed by atoms with Gasteiger partial charge in [-0.3, -0.25) is 4.79 Å². The topological polar surface area (TPSA) is 49.8 Å². The number of piperidine rings is 1. The standard InChI is InChI=1S/C14H19NO3/c1-18-10-11-4-6-12(7-5-11)14(17)15-8-2-3-13(16)9-15/h4-7,13,16H,2-3,8-10H2,1H3/t13-/m0/s1.